The minimum absolute atomic E-state index is 0.208. The third kappa shape index (κ3) is 3.59. The Balaban J connectivity index is 1.52. The van der Waals surface area contributed by atoms with Gasteiger partial charge in [0.2, 0.25) is 5.88 Å². The maximum absolute atomic E-state index is 12.6. The first-order valence-electron chi connectivity index (χ1n) is 8.49. The lowest BCUT2D eigenvalue weighted by molar-refractivity contribution is -0.122. The SMILES string of the molecule is COc1ccc(NC(=O)C2Cc3c(-c4ccc(Cl)cc4)ccnc3O2)cc1. The number of anilines is 1. The van der Waals surface area contributed by atoms with Crippen LogP contribution in [0.4, 0.5) is 5.69 Å². The summed E-state index contributed by atoms with van der Waals surface area (Å²) in [7, 11) is 1.60. The maximum atomic E-state index is 12.6. The highest BCUT2D eigenvalue weighted by Gasteiger charge is 2.32. The largest absolute Gasteiger partial charge is 0.497 e. The third-order valence-electron chi connectivity index (χ3n) is 4.46. The van der Waals surface area contributed by atoms with Crippen molar-refractivity contribution < 1.29 is 14.3 Å². The van der Waals surface area contributed by atoms with Crippen molar-refractivity contribution in [2.75, 3.05) is 12.4 Å². The average molecular weight is 381 g/mol. The second-order valence-corrected chi connectivity index (χ2v) is 6.61. The number of aromatic nitrogens is 1. The van der Waals surface area contributed by atoms with Gasteiger partial charge in [-0.2, -0.15) is 0 Å². The van der Waals surface area contributed by atoms with E-state index < -0.39 is 6.10 Å². The molecule has 0 spiro atoms. The summed E-state index contributed by atoms with van der Waals surface area (Å²) in [6.45, 7) is 0. The molecular weight excluding hydrogens is 364 g/mol. The van der Waals surface area contributed by atoms with Crippen LogP contribution in [0.3, 0.4) is 0 Å². The molecule has 5 nitrogen and oxygen atoms in total. The molecule has 4 rings (SSSR count). The molecule has 27 heavy (non-hydrogen) atoms. The van der Waals surface area contributed by atoms with Crippen LogP contribution in [-0.2, 0) is 11.2 Å². The van der Waals surface area contributed by atoms with Crippen molar-refractivity contribution in [1.82, 2.24) is 4.98 Å². The van der Waals surface area contributed by atoms with Gasteiger partial charge in [-0.15, -0.1) is 0 Å². The summed E-state index contributed by atoms with van der Waals surface area (Å²) >= 11 is 5.98. The van der Waals surface area contributed by atoms with E-state index in [1.165, 1.54) is 0 Å². The van der Waals surface area contributed by atoms with Crippen LogP contribution in [0.5, 0.6) is 11.6 Å². The molecule has 0 saturated heterocycles. The van der Waals surface area contributed by atoms with E-state index in [4.69, 9.17) is 21.1 Å². The fourth-order valence-electron chi connectivity index (χ4n) is 3.08. The zero-order valence-electron chi connectivity index (χ0n) is 14.6. The van der Waals surface area contributed by atoms with Crippen LogP contribution >= 0.6 is 11.6 Å². The molecule has 0 fully saturated rings. The van der Waals surface area contributed by atoms with E-state index in [1.807, 2.05) is 30.3 Å². The molecule has 2 heterocycles. The molecule has 0 bridgehead atoms. The smallest absolute Gasteiger partial charge is 0.265 e. The summed E-state index contributed by atoms with van der Waals surface area (Å²) in [5.41, 5.74) is 3.62. The topological polar surface area (TPSA) is 60.5 Å². The van der Waals surface area contributed by atoms with E-state index in [-0.39, 0.29) is 5.91 Å². The van der Waals surface area contributed by atoms with Gasteiger partial charge in [-0.25, -0.2) is 4.98 Å². The standard InChI is InChI=1S/C21H17ClN2O3/c1-26-16-8-6-15(7-9-16)24-20(25)19-12-18-17(10-11-23-21(18)27-19)13-2-4-14(22)5-3-13/h2-11,19H,12H2,1H3,(H,24,25). The highest BCUT2D eigenvalue weighted by atomic mass is 35.5. The molecule has 0 radical (unpaired) electrons. The zero-order valence-corrected chi connectivity index (χ0v) is 15.4. The van der Waals surface area contributed by atoms with E-state index >= 15 is 0 Å². The van der Waals surface area contributed by atoms with Crippen molar-refractivity contribution >= 4 is 23.2 Å². The van der Waals surface area contributed by atoms with Gasteiger partial charge in [-0.05, 0) is 53.6 Å². The molecule has 3 aromatic rings. The number of hydrogen-bond donors (Lipinski definition) is 1. The summed E-state index contributed by atoms with van der Waals surface area (Å²) in [6.07, 6.45) is 1.53. The minimum Gasteiger partial charge on any atom is -0.497 e. The molecule has 2 aromatic carbocycles. The first kappa shape index (κ1) is 17.4. The van der Waals surface area contributed by atoms with Crippen LogP contribution in [0.25, 0.3) is 11.1 Å². The van der Waals surface area contributed by atoms with Crippen molar-refractivity contribution in [2.45, 2.75) is 12.5 Å². The van der Waals surface area contributed by atoms with Crippen LogP contribution in [0, 0.1) is 0 Å². The number of carbonyl (C=O) groups excluding carboxylic acids is 1. The van der Waals surface area contributed by atoms with E-state index in [0.29, 0.717) is 23.0 Å². The van der Waals surface area contributed by atoms with Crippen LogP contribution in [-0.4, -0.2) is 24.1 Å². The molecule has 0 saturated carbocycles. The molecule has 0 aliphatic carbocycles. The second-order valence-electron chi connectivity index (χ2n) is 6.18. The summed E-state index contributed by atoms with van der Waals surface area (Å²) in [6, 6.07) is 16.7. The van der Waals surface area contributed by atoms with Crippen LogP contribution < -0.4 is 14.8 Å². The molecular formula is C21H17ClN2O3. The monoisotopic (exact) mass is 380 g/mol. The highest BCUT2D eigenvalue weighted by Crippen LogP contribution is 2.35. The molecule has 1 atom stereocenters. The molecule has 1 aliphatic rings. The first-order valence-corrected chi connectivity index (χ1v) is 8.87. The predicted octanol–water partition coefficient (Wildman–Crippen LogP) is 4.35. The number of benzene rings is 2. The van der Waals surface area contributed by atoms with Gasteiger partial charge in [0, 0.05) is 28.9 Å². The summed E-state index contributed by atoms with van der Waals surface area (Å²) in [5.74, 6) is 1.02. The molecule has 1 unspecified atom stereocenters. The number of hydrogen-bond acceptors (Lipinski definition) is 4. The Bertz CT molecular complexity index is 972. The van der Waals surface area contributed by atoms with Gasteiger partial charge in [0.25, 0.3) is 5.91 Å². The lowest BCUT2D eigenvalue weighted by Crippen LogP contribution is -2.31. The predicted molar refractivity (Wildman–Crippen MR) is 104 cm³/mol. The highest BCUT2D eigenvalue weighted by molar-refractivity contribution is 6.30. The first-order chi connectivity index (χ1) is 13.1. The Morgan fingerprint density at radius 3 is 2.59 bits per heavy atom. The Morgan fingerprint density at radius 2 is 1.89 bits per heavy atom. The molecule has 1 aliphatic heterocycles. The Hall–Kier alpha value is -3.05. The van der Waals surface area contributed by atoms with Gasteiger partial charge in [-0.1, -0.05) is 23.7 Å². The fourth-order valence-corrected chi connectivity index (χ4v) is 3.20. The Kier molecular flexibility index (Phi) is 4.69. The van der Waals surface area contributed by atoms with Crippen molar-refractivity contribution in [1.29, 1.82) is 0 Å². The van der Waals surface area contributed by atoms with Gasteiger partial charge >= 0.3 is 0 Å². The van der Waals surface area contributed by atoms with Crippen LogP contribution in [0.2, 0.25) is 5.02 Å². The van der Waals surface area contributed by atoms with E-state index in [9.17, 15) is 4.79 Å². The van der Waals surface area contributed by atoms with Gasteiger partial charge in [0.15, 0.2) is 6.10 Å². The average Bonchev–Trinajstić information content (AvgIpc) is 3.14. The number of rotatable bonds is 4. The van der Waals surface area contributed by atoms with Gasteiger partial charge < -0.3 is 14.8 Å². The number of nitrogens with one attached hydrogen (secondary N) is 1. The van der Waals surface area contributed by atoms with E-state index in [1.54, 1.807) is 37.6 Å². The summed E-state index contributed by atoms with van der Waals surface area (Å²) in [4.78, 5) is 16.9. The third-order valence-corrected chi connectivity index (χ3v) is 4.72. The molecule has 6 heteroatoms. The number of amides is 1. The number of methoxy groups -OCH3 is 1. The maximum Gasteiger partial charge on any atom is 0.265 e. The van der Waals surface area contributed by atoms with Crippen LogP contribution in [0.15, 0.2) is 60.8 Å². The Labute approximate surface area is 161 Å². The van der Waals surface area contributed by atoms with Crippen molar-refractivity contribution in [3.8, 4) is 22.8 Å². The summed E-state index contributed by atoms with van der Waals surface area (Å²) < 4.78 is 10.9. The van der Waals surface area contributed by atoms with Crippen molar-refractivity contribution in [3.05, 3.63) is 71.4 Å². The van der Waals surface area contributed by atoms with Gasteiger partial charge in [-0.3, -0.25) is 4.79 Å². The lowest BCUT2D eigenvalue weighted by Gasteiger charge is -2.11. The van der Waals surface area contributed by atoms with Crippen LogP contribution in [0.1, 0.15) is 5.56 Å². The number of pyridine rings is 1. The normalized spacial score (nSPS) is 15.0. The van der Waals surface area contributed by atoms with Gasteiger partial charge in [0.05, 0.1) is 7.11 Å². The molecule has 136 valence electrons. The van der Waals surface area contributed by atoms with Gasteiger partial charge in [0.1, 0.15) is 5.75 Å². The second kappa shape index (κ2) is 7.29. The zero-order chi connectivity index (χ0) is 18.8. The fraction of sp³-hybridized carbons (Fsp3) is 0.143. The quantitative estimate of drug-likeness (QED) is 0.730. The number of carbonyl (C=O) groups is 1. The van der Waals surface area contributed by atoms with E-state index in [2.05, 4.69) is 10.3 Å². The minimum atomic E-state index is -0.622. The summed E-state index contributed by atoms with van der Waals surface area (Å²) in [5, 5.41) is 3.55. The molecule has 1 amide bonds. The molecule has 1 aromatic heterocycles. The van der Waals surface area contributed by atoms with E-state index in [0.717, 1.165) is 22.4 Å². The number of halogens is 1. The van der Waals surface area contributed by atoms with Crippen molar-refractivity contribution in [2.24, 2.45) is 0 Å². The number of nitrogens with zero attached hydrogens (tertiary/aromatic N) is 1. The van der Waals surface area contributed by atoms with Crippen molar-refractivity contribution in [3.63, 3.8) is 0 Å². The lowest BCUT2D eigenvalue weighted by atomic mass is 9.99. The Morgan fingerprint density at radius 1 is 1.15 bits per heavy atom. The number of ether oxygens (including phenoxy) is 2. The number of fused-ring (bicyclic) bond motifs is 1. The molecule has 1 N–H and O–H groups in total.